The molecule has 2 amide bonds. The first-order chi connectivity index (χ1) is 11.8. The zero-order valence-electron chi connectivity index (χ0n) is 13.9. The topological polar surface area (TPSA) is 54.3 Å². The largest absolute Gasteiger partial charge is 0.345 e. The molecule has 1 aromatic carbocycles. The van der Waals surface area contributed by atoms with Crippen LogP contribution >= 0.6 is 39.1 Å². The van der Waals surface area contributed by atoms with E-state index in [1.165, 1.54) is 4.90 Å². The molecule has 2 aromatic rings. The summed E-state index contributed by atoms with van der Waals surface area (Å²) in [5.74, 6) is -0.540. The highest BCUT2D eigenvalue weighted by molar-refractivity contribution is 9.10. The van der Waals surface area contributed by atoms with E-state index in [4.69, 9.17) is 23.2 Å². The molecule has 0 aliphatic carbocycles. The molecule has 5 nitrogen and oxygen atoms in total. The van der Waals surface area contributed by atoms with Crippen molar-refractivity contribution in [3.05, 3.63) is 50.7 Å². The van der Waals surface area contributed by atoms with Crippen molar-refractivity contribution in [1.82, 2.24) is 9.47 Å². The smallest absolute Gasteiger partial charge is 0.270 e. The number of halogens is 3. The summed E-state index contributed by atoms with van der Waals surface area (Å²) in [5.41, 5.74) is 0.929. The standard InChI is InChI=1S/C17H18BrCl2N3O2/c1-3-6-23(17(25)15-7-11(18)9-22(15)2)10-16(24)21-14-8-12(19)4-5-13(14)20/h4-5,7-9H,3,6,10H2,1-2H3,(H,21,24). The minimum absolute atomic E-state index is 0.0711. The molecule has 0 unspecified atom stereocenters. The third-order valence-electron chi connectivity index (χ3n) is 3.51. The molecule has 2 rings (SSSR count). The molecule has 25 heavy (non-hydrogen) atoms. The van der Waals surface area contributed by atoms with Crippen molar-refractivity contribution in [3.8, 4) is 0 Å². The molecule has 0 radical (unpaired) electrons. The number of aromatic nitrogens is 1. The molecule has 0 saturated heterocycles. The van der Waals surface area contributed by atoms with Gasteiger partial charge in [-0.15, -0.1) is 0 Å². The van der Waals surface area contributed by atoms with Crippen LogP contribution in [0.2, 0.25) is 10.0 Å². The molecule has 0 fully saturated rings. The Balaban J connectivity index is 2.12. The monoisotopic (exact) mass is 445 g/mol. The zero-order valence-corrected chi connectivity index (χ0v) is 17.0. The highest BCUT2D eigenvalue weighted by Gasteiger charge is 2.21. The lowest BCUT2D eigenvalue weighted by atomic mass is 10.3. The van der Waals surface area contributed by atoms with E-state index in [9.17, 15) is 9.59 Å². The van der Waals surface area contributed by atoms with Gasteiger partial charge in [-0.1, -0.05) is 30.1 Å². The first-order valence-corrected chi connectivity index (χ1v) is 9.22. The Morgan fingerprint density at radius 3 is 2.60 bits per heavy atom. The van der Waals surface area contributed by atoms with Crippen molar-refractivity contribution in [2.45, 2.75) is 13.3 Å². The van der Waals surface area contributed by atoms with E-state index in [0.29, 0.717) is 28.0 Å². The highest BCUT2D eigenvalue weighted by atomic mass is 79.9. The fourth-order valence-electron chi connectivity index (χ4n) is 2.38. The number of aryl methyl sites for hydroxylation is 1. The number of carbonyl (C=O) groups is 2. The van der Waals surface area contributed by atoms with Crippen molar-refractivity contribution >= 4 is 56.6 Å². The number of anilines is 1. The molecular weight excluding hydrogens is 429 g/mol. The summed E-state index contributed by atoms with van der Waals surface area (Å²) in [5, 5.41) is 3.55. The van der Waals surface area contributed by atoms with Crippen LogP contribution in [-0.4, -0.2) is 34.4 Å². The fourth-order valence-corrected chi connectivity index (χ4v) is 3.24. The van der Waals surface area contributed by atoms with E-state index in [-0.39, 0.29) is 18.4 Å². The lowest BCUT2D eigenvalue weighted by molar-refractivity contribution is -0.116. The van der Waals surface area contributed by atoms with Crippen molar-refractivity contribution in [2.75, 3.05) is 18.4 Å². The third-order valence-corrected chi connectivity index (χ3v) is 4.51. The summed E-state index contributed by atoms with van der Waals surface area (Å²) in [4.78, 5) is 26.6. The van der Waals surface area contributed by atoms with Crippen LogP contribution in [0.25, 0.3) is 0 Å². The van der Waals surface area contributed by atoms with Crippen molar-refractivity contribution < 1.29 is 9.59 Å². The number of amides is 2. The number of carbonyl (C=O) groups excluding carboxylic acids is 2. The maximum Gasteiger partial charge on any atom is 0.270 e. The number of benzene rings is 1. The second-order valence-electron chi connectivity index (χ2n) is 5.55. The first kappa shape index (κ1) is 19.8. The second kappa shape index (κ2) is 8.74. The van der Waals surface area contributed by atoms with E-state index >= 15 is 0 Å². The number of rotatable bonds is 6. The predicted octanol–water partition coefficient (Wildman–Crippen LogP) is 4.59. The lowest BCUT2D eigenvalue weighted by Gasteiger charge is -2.22. The lowest BCUT2D eigenvalue weighted by Crippen LogP contribution is -2.39. The van der Waals surface area contributed by atoms with E-state index < -0.39 is 0 Å². The molecule has 1 N–H and O–H groups in total. The molecular formula is C17H18BrCl2N3O2. The molecule has 0 aliphatic rings. The Bertz CT molecular complexity index is 792. The van der Waals surface area contributed by atoms with Crippen LogP contribution < -0.4 is 5.32 Å². The van der Waals surface area contributed by atoms with E-state index in [1.807, 2.05) is 6.92 Å². The van der Waals surface area contributed by atoms with Gasteiger partial charge < -0.3 is 14.8 Å². The number of hydrogen-bond donors (Lipinski definition) is 1. The molecule has 134 valence electrons. The summed E-state index contributed by atoms with van der Waals surface area (Å²) in [6.45, 7) is 2.35. The molecule has 0 spiro atoms. The second-order valence-corrected chi connectivity index (χ2v) is 7.31. The Morgan fingerprint density at radius 1 is 1.28 bits per heavy atom. The Labute approximate surface area is 165 Å². The summed E-state index contributed by atoms with van der Waals surface area (Å²) in [7, 11) is 1.79. The first-order valence-electron chi connectivity index (χ1n) is 7.67. The molecule has 0 saturated carbocycles. The van der Waals surface area contributed by atoms with Crippen LogP contribution in [0.3, 0.4) is 0 Å². The van der Waals surface area contributed by atoms with Gasteiger partial charge in [0.1, 0.15) is 12.2 Å². The number of hydrogen-bond acceptors (Lipinski definition) is 2. The molecule has 1 heterocycles. The average molecular weight is 447 g/mol. The fraction of sp³-hybridized carbons (Fsp3) is 0.294. The van der Waals surface area contributed by atoms with Gasteiger partial charge >= 0.3 is 0 Å². The Kier molecular flexibility index (Phi) is 6.93. The minimum Gasteiger partial charge on any atom is -0.345 e. The van der Waals surface area contributed by atoms with Gasteiger partial charge in [0.05, 0.1) is 10.7 Å². The summed E-state index contributed by atoms with van der Waals surface area (Å²) >= 11 is 15.3. The summed E-state index contributed by atoms with van der Waals surface area (Å²) < 4.78 is 2.53. The minimum atomic E-state index is -0.334. The molecule has 0 aliphatic heterocycles. The number of nitrogens with zero attached hydrogens (tertiary/aromatic N) is 2. The zero-order chi connectivity index (χ0) is 18.6. The quantitative estimate of drug-likeness (QED) is 0.705. The molecule has 0 atom stereocenters. The van der Waals surface area contributed by atoms with Crippen LogP contribution in [0.5, 0.6) is 0 Å². The van der Waals surface area contributed by atoms with Crippen molar-refractivity contribution in [3.63, 3.8) is 0 Å². The van der Waals surface area contributed by atoms with Crippen LogP contribution in [0.1, 0.15) is 23.8 Å². The van der Waals surface area contributed by atoms with Crippen molar-refractivity contribution in [1.29, 1.82) is 0 Å². The molecule has 1 aromatic heterocycles. The van der Waals surface area contributed by atoms with Crippen molar-refractivity contribution in [2.24, 2.45) is 7.05 Å². The van der Waals surface area contributed by atoms with Gasteiger partial charge in [0, 0.05) is 29.3 Å². The van der Waals surface area contributed by atoms with Crippen LogP contribution in [-0.2, 0) is 11.8 Å². The van der Waals surface area contributed by atoms with Gasteiger partial charge in [0.25, 0.3) is 5.91 Å². The highest BCUT2D eigenvalue weighted by Crippen LogP contribution is 2.25. The van der Waals surface area contributed by atoms with Gasteiger partial charge in [-0.05, 0) is 46.6 Å². The normalized spacial score (nSPS) is 10.6. The third kappa shape index (κ3) is 5.23. The molecule has 0 bridgehead atoms. The maximum absolute atomic E-state index is 12.7. The maximum atomic E-state index is 12.7. The van der Waals surface area contributed by atoms with Gasteiger partial charge in [-0.3, -0.25) is 9.59 Å². The Hall–Kier alpha value is -1.50. The average Bonchev–Trinajstić information content (AvgIpc) is 2.88. The summed E-state index contributed by atoms with van der Waals surface area (Å²) in [6, 6.07) is 6.55. The predicted molar refractivity (Wildman–Crippen MR) is 104 cm³/mol. The van der Waals surface area contributed by atoms with Crippen LogP contribution in [0.4, 0.5) is 5.69 Å². The van der Waals surface area contributed by atoms with Gasteiger partial charge in [-0.25, -0.2) is 0 Å². The molecule has 8 heteroatoms. The van der Waals surface area contributed by atoms with E-state index in [1.54, 1.807) is 42.1 Å². The SMILES string of the molecule is CCCN(CC(=O)Nc1cc(Cl)ccc1Cl)C(=O)c1cc(Br)cn1C. The van der Waals surface area contributed by atoms with Crippen LogP contribution in [0.15, 0.2) is 34.9 Å². The Morgan fingerprint density at radius 2 is 2.00 bits per heavy atom. The van der Waals surface area contributed by atoms with Gasteiger partial charge in [0.2, 0.25) is 5.91 Å². The van der Waals surface area contributed by atoms with Gasteiger partial charge in [-0.2, -0.15) is 0 Å². The van der Waals surface area contributed by atoms with E-state index in [2.05, 4.69) is 21.2 Å². The number of nitrogens with one attached hydrogen (secondary N) is 1. The van der Waals surface area contributed by atoms with E-state index in [0.717, 1.165) is 10.9 Å². The summed E-state index contributed by atoms with van der Waals surface area (Å²) in [6.07, 6.45) is 2.53. The van der Waals surface area contributed by atoms with Gasteiger partial charge in [0.15, 0.2) is 0 Å². The van der Waals surface area contributed by atoms with Crippen LogP contribution in [0, 0.1) is 0 Å².